The Morgan fingerprint density at radius 3 is 2.94 bits per heavy atom. The maximum Gasteiger partial charge on any atom is 0.0748 e. The van der Waals surface area contributed by atoms with Crippen molar-refractivity contribution >= 4 is 21.6 Å². The van der Waals surface area contributed by atoms with Crippen LogP contribution in [0.25, 0.3) is 0 Å². The Balaban J connectivity index is 2.16. The monoisotopic (exact) mass is 312 g/mol. The maximum atomic E-state index is 5.92. The van der Waals surface area contributed by atoms with Gasteiger partial charge in [0.05, 0.1) is 12.7 Å². The van der Waals surface area contributed by atoms with Gasteiger partial charge in [-0.25, -0.2) is 0 Å². The fourth-order valence-corrected chi connectivity index (χ4v) is 3.01. The van der Waals surface area contributed by atoms with Crippen LogP contribution >= 0.6 is 15.9 Å². The second kappa shape index (κ2) is 6.04. The Labute approximate surface area is 117 Å². The topological polar surface area (TPSA) is 38.5 Å². The minimum atomic E-state index is 0.0569. The predicted molar refractivity (Wildman–Crippen MR) is 79.0 cm³/mol. The lowest BCUT2D eigenvalue weighted by atomic mass is 10.1. The van der Waals surface area contributed by atoms with Gasteiger partial charge in [-0.05, 0) is 31.0 Å². The van der Waals surface area contributed by atoms with Crippen molar-refractivity contribution in [2.45, 2.75) is 32.4 Å². The van der Waals surface area contributed by atoms with E-state index in [1.807, 2.05) is 6.92 Å². The molecule has 2 atom stereocenters. The van der Waals surface area contributed by atoms with Gasteiger partial charge in [0.2, 0.25) is 0 Å². The average molecular weight is 313 g/mol. The Bertz CT molecular complexity index is 409. The van der Waals surface area contributed by atoms with Gasteiger partial charge in [-0.1, -0.05) is 28.9 Å². The summed E-state index contributed by atoms with van der Waals surface area (Å²) in [5, 5.41) is 0. The van der Waals surface area contributed by atoms with E-state index >= 15 is 0 Å². The first kappa shape index (κ1) is 13.8. The molecule has 1 fully saturated rings. The van der Waals surface area contributed by atoms with Gasteiger partial charge in [0.1, 0.15) is 0 Å². The smallest absolute Gasteiger partial charge is 0.0748 e. The second-order valence-corrected chi connectivity index (χ2v) is 5.70. The lowest BCUT2D eigenvalue weighted by molar-refractivity contribution is 0.0384. The van der Waals surface area contributed by atoms with Crippen LogP contribution in [0.1, 0.15) is 31.9 Å². The lowest BCUT2D eigenvalue weighted by Gasteiger charge is -2.34. The molecule has 0 saturated carbocycles. The van der Waals surface area contributed by atoms with Crippen LogP contribution in [-0.4, -0.2) is 25.8 Å². The molecule has 0 spiro atoms. The molecule has 0 aliphatic carbocycles. The van der Waals surface area contributed by atoms with E-state index in [-0.39, 0.29) is 6.04 Å². The Hall–Kier alpha value is -0.580. The second-order valence-electron chi connectivity index (χ2n) is 4.84. The number of nitrogens with two attached hydrogens (primary N) is 1. The SMILES string of the molecule is CCC1CN(c2ccc(C(C)N)c(Br)c2)CCO1. The number of rotatable bonds is 3. The molecule has 2 rings (SSSR count). The van der Waals surface area contributed by atoms with Crippen molar-refractivity contribution in [2.75, 3.05) is 24.6 Å². The molecule has 18 heavy (non-hydrogen) atoms. The standard InChI is InChI=1S/C14H21BrN2O/c1-3-12-9-17(6-7-18-12)11-4-5-13(10(2)16)14(15)8-11/h4-5,8,10,12H,3,6-7,9,16H2,1-2H3. The first-order valence-electron chi connectivity index (χ1n) is 6.53. The molecular formula is C14H21BrN2O. The van der Waals surface area contributed by atoms with Crippen molar-refractivity contribution in [1.29, 1.82) is 0 Å². The molecule has 1 saturated heterocycles. The molecule has 4 heteroatoms. The number of benzene rings is 1. The highest BCUT2D eigenvalue weighted by atomic mass is 79.9. The van der Waals surface area contributed by atoms with Gasteiger partial charge in [0.25, 0.3) is 0 Å². The summed E-state index contributed by atoms with van der Waals surface area (Å²) in [5.41, 5.74) is 8.32. The summed E-state index contributed by atoms with van der Waals surface area (Å²) >= 11 is 3.61. The highest BCUT2D eigenvalue weighted by Gasteiger charge is 2.19. The van der Waals surface area contributed by atoms with Crippen LogP contribution in [0, 0.1) is 0 Å². The fourth-order valence-electron chi connectivity index (χ4n) is 2.28. The zero-order valence-electron chi connectivity index (χ0n) is 11.0. The molecule has 1 heterocycles. The molecule has 0 aromatic heterocycles. The van der Waals surface area contributed by atoms with E-state index in [9.17, 15) is 0 Å². The molecule has 0 radical (unpaired) electrons. The van der Waals surface area contributed by atoms with Gasteiger partial charge >= 0.3 is 0 Å². The van der Waals surface area contributed by atoms with Crippen molar-refractivity contribution in [3.63, 3.8) is 0 Å². The molecule has 0 bridgehead atoms. The number of hydrogen-bond donors (Lipinski definition) is 1. The van der Waals surface area contributed by atoms with Crippen LogP contribution in [-0.2, 0) is 4.74 Å². The normalized spacial score (nSPS) is 22.0. The van der Waals surface area contributed by atoms with Crippen molar-refractivity contribution < 1.29 is 4.74 Å². The summed E-state index contributed by atoms with van der Waals surface area (Å²) in [4.78, 5) is 2.38. The summed E-state index contributed by atoms with van der Waals surface area (Å²) in [6.07, 6.45) is 1.42. The van der Waals surface area contributed by atoms with Gasteiger partial charge in [0.15, 0.2) is 0 Å². The largest absolute Gasteiger partial charge is 0.375 e. The van der Waals surface area contributed by atoms with Gasteiger partial charge < -0.3 is 15.4 Å². The number of hydrogen-bond acceptors (Lipinski definition) is 3. The molecule has 1 aromatic rings. The van der Waals surface area contributed by atoms with Crippen LogP contribution in [0.4, 0.5) is 5.69 Å². The number of anilines is 1. The van der Waals surface area contributed by atoms with Crippen molar-refractivity contribution in [1.82, 2.24) is 0 Å². The van der Waals surface area contributed by atoms with Crippen LogP contribution in [0.15, 0.2) is 22.7 Å². The minimum absolute atomic E-state index is 0.0569. The minimum Gasteiger partial charge on any atom is -0.375 e. The summed E-state index contributed by atoms with van der Waals surface area (Å²) in [6, 6.07) is 6.49. The Morgan fingerprint density at radius 1 is 1.56 bits per heavy atom. The summed E-state index contributed by atoms with van der Waals surface area (Å²) in [7, 11) is 0. The lowest BCUT2D eigenvalue weighted by Crippen LogP contribution is -2.42. The van der Waals surface area contributed by atoms with Gasteiger partial charge in [-0.3, -0.25) is 0 Å². The summed E-state index contributed by atoms with van der Waals surface area (Å²) in [5.74, 6) is 0. The highest BCUT2D eigenvalue weighted by molar-refractivity contribution is 9.10. The zero-order valence-corrected chi connectivity index (χ0v) is 12.6. The number of morpholine rings is 1. The van der Waals surface area contributed by atoms with E-state index in [1.54, 1.807) is 0 Å². The predicted octanol–water partition coefficient (Wildman–Crippen LogP) is 3.08. The molecule has 0 amide bonds. The molecule has 1 aliphatic heterocycles. The third-order valence-corrected chi connectivity index (χ3v) is 4.12. The highest BCUT2D eigenvalue weighted by Crippen LogP contribution is 2.28. The van der Waals surface area contributed by atoms with Crippen LogP contribution in [0.5, 0.6) is 0 Å². The first-order chi connectivity index (χ1) is 8.61. The summed E-state index contributed by atoms with van der Waals surface area (Å²) in [6.45, 7) is 6.91. The van der Waals surface area contributed by atoms with E-state index in [1.165, 1.54) is 5.69 Å². The quantitative estimate of drug-likeness (QED) is 0.932. The number of halogens is 1. The Kier molecular flexibility index (Phi) is 4.65. The fraction of sp³-hybridized carbons (Fsp3) is 0.571. The molecule has 2 unspecified atom stereocenters. The van der Waals surface area contributed by atoms with Crippen LogP contribution in [0.3, 0.4) is 0 Å². The van der Waals surface area contributed by atoms with Gasteiger partial charge in [0, 0.05) is 29.3 Å². The number of nitrogens with zero attached hydrogens (tertiary/aromatic N) is 1. The first-order valence-corrected chi connectivity index (χ1v) is 7.32. The molecule has 1 aliphatic rings. The molecule has 100 valence electrons. The molecule has 2 N–H and O–H groups in total. The van der Waals surface area contributed by atoms with Gasteiger partial charge in [-0.15, -0.1) is 0 Å². The van der Waals surface area contributed by atoms with E-state index < -0.39 is 0 Å². The molecule has 3 nitrogen and oxygen atoms in total. The van der Waals surface area contributed by atoms with E-state index in [0.717, 1.165) is 36.2 Å². The number of ether oxygens (including phenoxy) is 1. The van der Waals surface area contributed by atoms with E-state index in [0.29, 0.717) is 6.10 Å². The zero-order chi connectivity index (χ0) is 13.1. The third kappa shape index (κ3) is 3.05. The van der Waals surface area contributed by atoms with Crippen LogP contribution in [0.2, 0.25) is 0 Å². The van der Waals surface area contributed by atoms with Crippen LogP contribution < -0.4 is 10.6 Å². The Morgan fingerprint density at radius 2 is 2.33 bits per heavy atom. The van der Waals surface area contributed by atoms with E-state index in [2.05, 4.69) is 46.0 Å². The van der Waals surface area contributed by atoms with E-state index in [4.69, 9.17) is 10.5 Å². The molecular weight excluding hydrogens is 292 g/mol. The summed E-state index contributed by atoms with van der Waals surface area (Å²) < 4.78 is 6.79. The van der Waals surface area contributed by atoms with Crippen molar-refractivity contribution in [3.8, 4) is 0 Å². The molecule has 1 aromatic carbocycles. The van der Waals surface area contributed by atoms with Crippen molar-refractivity contribution in [2.24, 2.45) is 5.73 Å². The third-order valence-electron chi connectivity index (χ3n) is 3.43. The maximum absolute atomic E-state index is 5.92. The average Bonchev–Trinajstić information content (AvgIpc) is 2.38. The van der Waals surface area contributed by atoms with Gasteiger partial charge in [-0.2, -0.15) is 0 Å². The van der Waals surface area contributed by atoms with Crippen molar-refractivity contribution in [3.05, 3.63) is 28.2 Å².